The van der Waals surface area contributed by atoms with Crippen LogP contribution in [0.4, 0.5) is 5.69 Å². The summed E-state index contributed by atoms with van der Waals surface area (Å²) in [6.45, 7) is 3.41. The molecule has 0 unspecified atom stereocenters. The Bertz CT molecular complexity index is 936. The van der Waals surface area contributed by atoms with Gasteiger partial charge in [0.2, 0.25) is 0 Å². The zero-order valence-corrected chi connectivity index (χ0v) is 17.9. The molecule has 2 N–H and O–H groups in total. The second kappa shape index (κ2) is 7.30. The van der Waals surface area contributed by atoms with E-state index in [0.717, 1.165) is 30.0 Å². The molecule has 0 amide bonds. The predicted octanol–water partition coefficient (Wildman–Crippen LogP) is 5.47. The highest BCUT2D eigenvalue weighted by Crippen LogP contribution is 2.56. The van der Waals surface area contributed by atoms with E-state index in [4.69, 9.17) is 0 Å². The first-order valence-electron chi connectivity index (χ1n) is 12.1. The normalized spacial score (nSPS) is 30.4. The fourth-order valence-electron chi connectivity index (χ4n) is 6.95. The van der Waals surface area contributed by atoms with E-state index in [9.17, 15) is 5.11 Å². The quantitative estimate of drug-likeness (QED) is 0.696. The minimum absolute atomic E-state index is 0.339. The van der Waals surface area contributed by atoms with Crippen molar-refractivity contribution in [2.45, 2.75) is 69.4 Å². The lowest BCUT2D eigenvalue weighted by Crippen LogP contribution is -2.61. The van der Waals surface area contributed by atoms with Gasteiger partial charge in [0, 0.05) is 30.2 Å². The van der Waals surface area contributed by atoms with Crippen LogP contribution in [0.2, 0.25) is 0 Å². The maximum absolute atomic E-state index is 9.73. The number of anilines is 1. The summed E-state index contributed by atoms with van der Waals surface area (Å²) in [5.74, 6) is 2.20. The third-order valence-electron chi connectivity index (χ3n) is 8.54. The summed E-state index contributed by atoms with van der Waals surface area (Å²) in [5, 5.41) is 13.3. The van der Waals surface area contributed by atoms with Crippen LogP contribution in [0, 0.1) is 11.8 Å². The first-order chi connectivity index (χ1) is 14.7. The highest BCUT2D eigenvalue weighted by Gasteiger charge is 2.54. The molecule has 3 heteroatoms. The molecule has 1 saturated heterocycles. The van der Waals surface area contributed by atoms with Crippen LogP contribution >= 0.6 is 0 Å². The summed E-state index contributed by atoms with van der Waals surface area (Å²) in [6.07, 6.45) is 11.2. The number of piperidine rings is 1. The number of aromatic hydroxyl groups is 1. The van der Waals surface area contributed by atoms with Crippen molar-refractivity contribution >= 4 is 5.69 Å². The summed E-state index contributed by atoms with van der Waals surface area (Å²) in [7, 11) is 0. The number of hydrogen-bond donors (Lipinski definition) is 2. The van der Waals surface area contributed by atoms with Crippen LogP contribution in [0.3, 0.4) is 0 Å². The zero-order valence-electron chi connectivity index (χ0n) is 17.9. The van der Waals surface area contributed by atoms with Crippen LogP contribution in [0.5, 0.6) is 5.75 Å². The van der Waals surface area contributed by atoms with E-state index in [2.05, 4.69) is 34.5 Å². The lowest BCUT2D eigenvalue weighted by atomic mass is 9.52. The number of fused-ring (bicyclic) bond motifs is 1. The average Bonchev–Trinajstić information content (AvgIpc) is 3.58. The first-order valence-corrected chi connectivity index (χ1v) is 12.1. The van der Waals surface area contributed by atoms with Crippen molar-refractivity contribution in [2.75, 3.05) is 18.4 Å². The molecule has 3 atom stereocenters. The zero-order chi connectivity index (χ0) is 20.1. The van der Waals surface area contributed by atoms with Gasteiger partial charge in [-0.25, -0.2) is 0 Å². The Morgan fingerprint density at radius 2 is 1.97 bits per heavy atom. The van der Waals surface area contributed by atoms with Crippen LogP contribution in [-0.2, 0) is 18.4 Å². The van der Waals surface area contributed by atoms with E-state index in [1.807, 2.05) is 12.1 Å². The summed E-state index contributed by atoms with van der Waals surface area (Å²) >= 11 is 0. The van der Waals surface area contributed by atoms with E-state index in [1.54, 1.807) is 17.2 Å². The number of hydrogen-bond acceptors (Lipinski definition) is 3. The molecule has 2 aromatic carbocycles. The second-order valence-corrected chi connectivity index (χ2v) is 10.4. The Labute approximate surface area is 180 Å². The lowest BCUT2D eigenvalue weighted by molar-refractivity contribution is -0.0133. The molecule has 2 aromatic rings. The van der Waals surface area contributed by atoms with E-state index in [-0.39, 0.29) is 0 Å². The van der Waals surface area contributed by atoms with Gasteiger partial charge in [-0.2, -0.15) is 0 Å². The van der Waals surface area contributed by atoms with Gasteiger partial charge in [-0.15, -0.1) is 0 Å². The Kier molecular flexibility index (Phi) is 4.56. The summed E-state index contributed by atoms with van der Waals surface area (Å²) < 4.78 is 0. The summed E-state index contributed by atoms with van der Waals surface area (Å²) in [4.78, 5) is 2.89. The third-order valence-corrected chi connectivity index (χ3v) is 8.54. The molecule has 158 valence electrons. The standard InChI is InChI=1S/C27H34N2O/c30-23-5-3-4-20(14-23)17-28-22-9-10-24-21(15-22)16-26-25-6-1-2-11-27(24,25)12-13-29(26)18-19-7-8-19/h3-5,9-10,14-15,19,25-26,28,30H,1-2,6-8,11-13,16-18H2/t25-,26+,27-/m0/s1. The minimum Gasteiger partial charge on any atom is -0.508 e. The van der Waals surface area contributed by atoms with Gasteiger partial charge in [0.25, 0.3) is 0 Å². The molecule has 2 bridgehead atoms. The molecule has 1 aliphatic heterocycles. The van der Waals surface area contributed by atoms with Crippen molar-refractivity contribution in [3.05, 3.63) is 59.2 Å². The maximum Gasteiger partial charge on any atom is 0.115 e. The van der Waals surface area contributed by atoms with Gasteiger partial charge in [-0.3, -0.25) is 4.90 Å². The van der Waals surface area contributed by atoms with Gasteiger partial charge in [-0.1, -0.05) is 31.0 Å². The summed E-state index contributed by atoms with van der Waals surface area (Å²) in [5.41, 5.74) is 6.05. The molecule has 30 heavy (non-hydrogen) atoms. The number of phenols is 1. The topological polar surface area (TPSA) is 35.5 Å². The number of nitrogens with zero attached hydrogens (tertiary/aromatic N) is 1. The molecule has 2 saturated carbocycles. The Morgan fingerprint density at radius 1 is 1.03 bits per heavy atom. The van der Waals surface area contributed by atoms with Crippen LogP contribution in [0.15, 0.2) is 42.5 Å². The SMILES string of the molecule is Oc1cccc(CNc2ccc3c(c2)C[C@@H]2[C@@H]4CCCC[C@]34CCN2CC2CC2)c1. The van der Waals surface area contributed by atoms with Crippen molar-refractivity contribution in [3.8, 4) is 5.75 Å². The molecule has 1 heterocycles. The van der Waals surface area contributed by atoms with Gasteiger partial charge in [0.15, 0.2) is 0 Å². The predicted molar refractivity (Wildman–Crippen MR) is 122 cm³/mol. The monoisotopic (exact) mass is 402 g/mol. The highest BCUT2D eigenvalue weighted by molar-refractivity contribution is 5.53. The maximum atomic E-state index is 9.73. The molecule has 3 fully saturated rings. The van der Waals surface area contributed by atoms with Crippen molar-refractivity contribution in [2.24, 2.45) is 11.8 Å². The number of phenolic OH excluding ortho intramolecular Hbond substituents is 1. The third kappa shape index (κ3) is 3.22. The number of likely N-dealkylation sites (tertiary alicyclic amines) is 1. The van der Waals surface area contributed by atoms with E-state index >= 15 is 0 Å². The molecule has 6 rings (SSSR count). The Morgan fingerprint density at radius 3 is 2.83 bits per heavy atom. The van der Waals surface area contributed by atoms with E-state index in [1.165, 1.54) is 70.1 Å². The van der Waals surface area contributed by atoms with Crippen LogP contribution in [0.1, 0.15) is 61.6 Å². The van der Waals surface area contributed by atoms with Crippen LogP contribution < -0.4 is 5.32 Å². The smallest absolute Gasteiger partial charge is 0.115 e. The van der Waals surface area contributed by atoms with Gasteiger partial charge < -0.3 is 10.4 Å². The van der Waals surface area contributed by atoms with Crippen molar-refractivity contribution in [1.29, 1.82) is 0 Å². The van der Waals surface area contributed by atoms with Gasteiger partial charge in [-0.05, 0) is 97.9 Å². The molecule has 3 nitrogen and oxygen atoms in total. The van der Waals surface area contributed by atoms with Crippen molar-refractivity contribution in [3.63, 3.8) is 0 Å². The van der Waals surface area contributed by atoms with Crippen LogP contribution in [0.25, 0.3) is 0 Å². The minimum atomic E-state index is 0.339. The number of benzene rings is 2. The Balaban J connectivity index is 1.28. The van der Waals surface area contributed by atoms with Gasteiger partial charge in [0.1, 0.15) is 5.75 Å². The molecule has 3 aliphatic carbocycles. The second-order valence-electron chi connectivity index (χ2n) is 10.4. The molecular weight excluding hydrogens is 368 g/mol. The number of nitrogens with one attached hydrogen (secondary N) is 1. The molecule has 4 aliphatic rings. The highest BCUT2D eigenvalue weighted by atomic mass is 16.3. The van der Waals surface area contributed by atoms with Crippen LogP contribution in [-0.4, -0.2) is 29.1 Å². The largest absolute Gasteiger partial charge is 0.508 e. The van der Waals surface area contributed by atoms with Gasteiger partial charge in [0.05, 0.1) is 0 Å². The molecular formula is C27H34N2O. The fraction of sp³-hybridized carbons (Fsp3) is 0.556. The van der Waals surface area contributed by atoms with E-state index < -0.39 is 0 Å². The fourth-order valence-corrected chi connectivity index (χ4v) is 6.95. The lowest BCUT2D eigenvalue weighted by Gasteiger charge is -2.59. The van der Waals surface area contributed by atoms with Gasteiger partial charge >= 0.3 is 0 Å². The van der Waals surface area contributed by atoms with E-state index in [0.29, 0.717) is 11.2 Å². The summed E-state index contributed by atoms with van der Waals surface area (Å²) in [6, 6.07) is 15.5. The Hall–Kier alpha value is -2.00. The average molecular weight is 403 g/mol. The number of rotatable bonds is 5. The molecule has 0 aromatic heterocycles. The molecule has 0 spiro atoms. The van der Waals surface area contributed by atoms with Crippen molar-refractivity contribution in [1.82, 2.24) is 4.90 Å². The van der Waals surface area contributed by atoms with Crippen molar-refractivity contribution < 1.29 is 5.11 Å². The molecule has 0 radical (unpaired) electrons. The first kappa shape index (κ1) is 18.7.